The van der Waals surface area contributed by atoms with E-state index in [0.29, 0.717) is 21.7 Å². The highest BCUT2D eigenvalue weighted by molar-refractivity contribution is 7.18. The number of carbonyl (C=O) groups excluding carboxylic acids is 1. The second-order valence-electron chi connectivity index (χ2n) is 4.37. The van der Waals surface area contributed by atoms with Crippen LogP contribution >= 0.6 is 34.3 Å². The topological polar surface area (TPSA) is 49.3 Å². The third kappa shape index (κ3) is 4.31. The van der Waals surface area contributed by atoms with Crippen LogP contribution in [0.5, 0.6) is 0 Å². The lowest BCUT2D eigenvalue weighted by molar-refractivity contribution is 0.0956. The Labute approximate surface area is 131 Å². The van der Waals surface area contributed by atoms with Crippen molar-refractivity contribution in [2.24, 2.45) is 0 Å². The molecule has 1 amide bonds. The first-order valence-electron chi connectivity index (χ1n) is 6.38. The van der Waals surface area contributed by atoms with Gasteiger partial charge in [0.05, 0.1) is 9.21 Å². The van der Waals surface area contributed by atoms with Crippen molar-refractivity contribution >= 4 is 40.2 Å². The number of hydrogen-bond acceptors (Lipinski definition) is 4. The van der Waals surface area contributed by atoms with Crippen LogP contribution in [-0.4, -0.2) is 24.2 Å². The molecule has 1 atom stereocenters. The summed E-state index contributed by atoms with van der Waals surface area (Å²) in [4.78, 5) is 13.8. The number of amides is 1. The number of aliphatic hydroxyl groups excluding tert-OH is 1. The second-order valence-corrected chi connectivity index (χ2v) is 7.07. The van der Waals surface area contributed by atoms with Gasteiger partial charge >= 0.3 is 0 Å². The Morgan fingerprint density at radius 3 is 2.80 bits per heavy atom. The highest BCUT2D eigenvalue weighted by atomic mass is 35.5. The fourth-order valence-electron chi connectivity index (χ4n) is 1.99. The zero-order valence-corrected chi connectivity index (χ0v) is 13.2. The van der Waals surface area contributed by atoms with Gasteiger partial charge in [-0.2, -0.15) is 0 Å². The molecule has 0 fully saturated rings. The molecule has 2 N–H and O–H groups in total. The van der Waals surface area contributed by atoms with Crippen LogP contribution in [0.15, 0.2) is 29.6 Å². The third-order valence-electron chi connectivity index (χ3n) is 3.00. The smallest absolute Gasteiger partial charge is 0.261 e. The summed E-state index contributed by atoms with van der Waals surface area (Å²) in [7, 11) is 0. The van der Waals surface area contributed by atoms with Crippen molar-refractivity contribution in [3.8, 4) is 0 Å². The van der Waals surface area contributed by atoms with Gasteiger partial charge in [-0.3, -0.25) is 4.79 Å². The van der Waals surface area contributed by atoms with Gasteiger partial charge in [-0.05, 0) is 42.3 Å². The Kier molecular flexibility index (Phi) is 6.04. The first-order chi connectivity index (χ1) is 9.70. The summed E-state index contributed by atoms with van der Waals surface area (Å²) in [6.45, 7) is 0.758. The van der Waals surface area contributed by atoms with Crippen LogP contribution in [0.1, 0.15) is 33.3 Å². The number of nitrogens with one attached hydrogen (secondary N) is 1. The number of aliphatic hydroxyl groups is 1. The molecule has 2 aromatic rings. The Bertz CT molecular complexity index is 539. The summed E-state index contributed by atoms with van der Waals surface area (Å²) in [5.74, 6) is 0.211. The van der Waals surface area contributed by atoms with Gasteiger partial charge in [0.1, 0.15) is 0 Å². The Balaban J connectivity index is 1.83. The van der Waals surface area contributed by atoms with Crippen molar-refractivity contribution in [1.82, 2.24) is 5.32 Å². The Morgan fingerprint density at radius 2 is 2.20 bits per heavy atom. The summed E-state index contributed by atoms with van der Waals surface area (Å²) in [6.07, 6.45) is 1.55. The molecular formula is C14H16ClNO2S2. The van der Waals surface area contributed by atoms with E-state index >= 15 is 0 Å². The minimum Gasteiger partial charge on any atom is -0.396 e. The van der Waals surface area contributed by atoms with Crippen LogP contribution in [0.3, 0.4) is 0 Å². The summed E-state index contributed by atoms with van der Waals surface area (Å²) in [5.41, 5.74) is 0. The van der Waals surface area contributed by atoms with E-state index in [1.165, 1.54) is 16.2 Å². The predicted octanol–water partition coefficient (Wildman–Crippen LogP) is 3.75. The summed E-state index contributed by atoms with van der Waals surface area (Å²) >= 11 is 8.78. The van der Waals surface area contributed by atoms with Crippen molar-refractivity contribution in [2.45, 2.75) is 18.8 Å². The largest absolute Gasteiger partial charge is 0.396 e. The van der Waals surface area contributed by atoms with Crippen molar-refractivity contribution in [3.63, 3.8) is 0 Å². The third-order valence-corrected chi connectivity index (χ3v) is 5.26. The molecule has 20 heavy (non-hydrogen) atoms. The van der Waals surface area contributed by atoms with Crippen LogP contribution in [0, 0.1) is 0 Å². The van der Waals surface area contributed by atoms with E-state index in [9.17, 15) is 4.79 Å². The van der Waals surface area contributed by atoms with E-state index < -0.39 is 0 Å². The van der Waals surface area contributed by atoms with Gasteiger partial charge in [-0.1, -0.05) is 17.7 Å². The fraction of sp³-hybridized carbons (Fsp3) is 0.357. The lowest BCUT2D eigenvalue weighted by atomic mass is 10.00. The molecular weight excluding hydrogens is 314 g/mol. The van der Waals surface area contributed by atoms with Crippen LogP contribution in [0.2, 0.25) is 4.34 Å². The summed E-state index contributed by atoms with van der Waals surface area (Å²) in [6, 6.07) is 7.54. The molecule has 3 nitrogen and oxygen atoms in total. The summed E-state index contributed by atoms with van der Waals surface area (Å²) in [5, 5.41) is 14.1. The van der Waals surface area contributed by atoms with Gasteiger partial charge in [0, 0.05) is 18.0 Å². The van der Waals surface area contributed by atoms with E-state index in [4.69, 9.17) is 16.7 Å². The molecule has 2 rings (SSSR count). The minimum absolute atomic E-state index is 0.0872. The highest BCUT2D eigenvalue weighted by Crippen LogP contribution is 2.27. The van der Waals surface area contributed by atoms with Crippen molar-refractivity contribution in [2.75, 3.05) is 13.2 Å². The Hall–Kier alpha value is -0.880. The second kappa shape index (κ2) is 7.78. The zero-order valence-electron chi connectivity index (χ0n) is 10.8. The fourth-order valence-corrected chi connectivity index (χ4v) is 3.85. The van der Waals surface area contributed by atoms with Gasteiger partial charge in [0.2, 0.25) is 0 Å². The molecule has 2 aromatic heterocycles. The van der Waals surface area contributed by atoms with Gasteiger partial charge in [0.25, 0.3) is 5.91 Å². The minimum atomic E-state index is -0.0872. The standard InChI is InChI=1S/C14H16ClNO2S2/c15-13-4-3-12(20-13)14(18)16-7-5-10(6-8-17)11-2-1-9-19-11/h1-4,9-10,17H,5-8H2,(H,16,18). The molecule has 2 heterocycles. The van der Waals surface area contributed by atoms with Crippen molar-refractivity contribution in [3.05, 3.63) is 43.7 Å². The van der Waals surface area contributed by atoms with Crippen LogP contribution in [0.25, 0.3) is 0 Å². The van der Waals surface area contributed by atoms with E-state index in [-0.39, 0.29) is 12.5 Å². The van der Waals surface area contributed by atoms with Crippen molar-refractivity contribution < 1.29 is 9.90 Å². The Morgan fingerprint density at radius 1 is 1.35 bits per heavy atom. The maximum atomic E-state index is 11.9. The van der Waals surface area contributed by atoms with Crippen LogP contribution < -0.4 is 5.32 Å². The number of hydrogen-bond donors (Lipinski definition) is 2. The molecule has 1 unspecified atom stereocenters. The molecule has 0 aliphatic heterocycles. The maximum absolute atomic E-state index is 11.9. The summed E-state index contributed by atoms with van der Waals surface area (Å²) < 4.78 is 0.617. The molecule has 0 spiro atoms. The average molecular weight is 330 g/mol. The highest BCUT2D eigenvalue weighted by Gasteiger charge is 2.13. The predicted molar refractivity (Wildman–Crippen MR) is 85.0 cm³/mol. The molecule has 0 saturated heterocycles. The molecule has 0 bridgehead atoms. The lowest BCUT2D eigenvalue weighted by Gasteiger charge is -2.14. The molecule has 0 aromatic carbocycles. The van der Waals surface area contributed by atoms with Crippen molar-refractivity contribution in [1.29, 1.82) is 0 Å². The lowest BCUT2D eigenvalue weighted by Crippen LogP contribution is -2.24. The zero-order chi connectivity index (χ0) is 14.4. The molecule has 0 aliphatic carbocycles. The molecule has 108 valence electrons. The number of halogens is 1. The van der Waals surface area contributed by atoms with E-state index in [1.807, 2.05) is 11.4 Å². The SMILES string of the molecule is O=C(NCCC(CCO)c1cccs1)c1ccc(Cl)s1. The quantitative estimate of drug-likeness (QED) is 0.812. The molecule has 0 radical (unpaired) electrons. The van der Waals surface area contributed by atoms with Gasteiger partial charge in [-0.15, -0.1) is 22.7 Å². The van der Waals surface area contributed by atoms with E-state index in [1.54, 1.807) is 23.5 Å². The first-order valence-corrected chi connectivity index (χ1v) is 8.46. The van der Waals surface area contributed by atoms with Crippen LogP contribution in [0.4, 0.5) is 0 Å². The van der Waals surface area contributed by atoms with Gasteiger partial charge < -0.3 is 10.4 Å². The number of rotatable bonds is 7. The first kappa shape index (κ1) is 15.5. The normalized spacial score (nSPS) is 12.3. The average Bonchev–Trinajstić information content (AvgIpc) is 3.08. The van der Waals surface area contributed by atoms with E-state index in [2.05, 4.69) is 11.4 Å². The molecule has 0 saturated carbocycles. The van der Waals surface area contributed by atoms with E-state index in [0.717, 1.165) is 12.8 Å². The number of thiophene rings is 2. The van der Waals surface area contributed by atoms with Gasteiger partial charge in [-0.25, -0.2) is 0 Å². The molecule has 6 heteroatoms. The maximum Gasteiger partial charge on any atom is 0.261 e. The molecule has 0 aliphatic rings. The van der Waals surface area contributed by atoms with Crippen LogP contribution in [-0.2, 0) is 0 Å². The monoisotopic (exact) mass is 329 g/mol. The number of carbonyl (C=O) groups is 1. The van der Waals surface area contributed by atoms with Gasteiger partial charge in [0.15, 0.2) is 0 Å².